The van der Waals surface area contributed by atoms with Crippen molar-refractivity contribution in [2.45, 2.75) is 6.42 Å². The number of nitrogens with zero attached hydrogens (tertiary/aromatic N) is 3. The summed E-state index contributed by atoms with van der Waals surface area (Å²) in [5, 5.41) is 10.4. The van der Waals surface area contributed by atoms with Gasteiger partial charge in [-0.15, -0.1) is 5.10 Å². The van der Waals surface area contributed by atoms with Gasteiger partial charge < -0.3 is 5.73 Å². The zero-order chi connectivity index (χ0) is 12.5. The molecular weight excluding hydrogens is 233 g/mol. The average Bonchev–Trinajstić information content (AvgIpc) is 2.80. The van der Waals surface area contributed by atoms with Crippen molar-refractivity contribution in [1.29, 1.82) is 0 Å². The Hall–Kier alpha value is -2.50. The molecule has 18 heavy (non-hydrogen) atoms. The smallest absolute Gasteiger partial charge is 0.203 e. The summed E-state index contributed by atoms with van der Waals surface area (Å²) < 4.78 is 13.6. The monoisotopic (exact) mass is 243 g/mol. The maximum absolute atomic E-state index is 13.6. The molecule has 1 aromatic carbocycles. The van der Waals surface area contributed by atoms with Gasteiger partial charge in [0.1, 0.15) is 17.2 Å². The van der Waals surface area contributed by atoms with E-state index in [4.69, 9.17) is 5.73 Å². The summed E-state index contributed by atoms with van der Waals surface area (Å²) in [4.78, 5) is 4.04. The molecule has 0 atom stereocenters. The predicted molar refractivity (Wildman–Crippen MR) is 65.3 cm³/mol. The van der Waals surface area contributed by atoms with Gasteiger partial charge in [-0.2, -0.15) is 10.3 Å². The van der Waals surface area contributed by atoms with Crippen LogP contribution in [0.5, 0.6) is 0 Å². The maximum Gasteiger partial charge on any atom is 0.203 e. The molecule has 0 spiro atoms. The molecule has 0 aliphatic rings. The lowest BCUT2D eigenvalue weighted by molar-refractivity contribution is 0.614. The highest BCUT2D eigenvalue weighted by atomic mass is 19.1. The summed E-state index contributed by atoms with van der Waals surface area (Å²) in [6, 6.07) is 8.31. The average molecular weight is 243 g/mol. The van der Waals surface area contributed by atoms with Crippen molar-refractivity contribution >= 4 is 17.0 Å². The number of nitrogens with one attached hydrogen (secondary N) is 1. The molecule has 2 aromatic heterocycles. The Morgan fingerprint density at radius 2 is 2.00 bits per heavy atom. The van der Waals surface area contributed by atoms with Crippen LogP contribution in [0.1, 0.15) is 11.1 Å². The molecule has 0 fully saturated rings. The Morgan fingerprint density at radius 1 is 1.17 bits per heavy atom. The lowest BCUT2D eigenvalue weighted by Crippen LogP contribution is -1.98. The van der Waals surface area contributed by atoms with Gasteiger partial charge in [-0.3, -0.25) is 0 Å². The molecule has 3 aromatic rings. The second-order valence-corrected chi connectivity index (χ2v) is 3.97. The number of pyridine rings is 1. The summed E-state index contributed by atoms with van der Waals surface area (Å²) in [7, 11) is 0. The van der Waals surface area contributed by atoms with Crippen molar-refractivity contribution in [2.75, 3.05) is 5.73 Å². The van der Waals surface area contributed by atoms with E-state index in [9.17, 15) is 4.39 Å². The van der Waals surface area contributed by atoms with E-state index in [2.05, 4.69) is 20.4 Å². The Labute approximate surface area is 102 Å². The van der Waals surface area contributed by atoms with Gasteiger partial charge in [0.25, 0.3) is 0 Å². The topological polar surface area (TPSA) is 80.5 Å². The second-order valence-electron chi connectivity index (χ2n) is 3.97. The van der Waals surface area contributed by atoms with Gasteiger partial charge in [-0.1, -0.05) is 18.2 Å². The molecule has 0 bridgehead atoms. The van der Waals surface area contributed by atoms with Crippen molar-refractivity contribution in [3.63, 3.8) is 0 Å². The quantitative estimate of drug-likeness (QED) is 0.717. The summed E-state index contributed by atoms with van der Waals surface area (Å²) in [6.45, 7) is 0. The molecule has 0 aliphatic carbocycles. The summed E-state index contributed by atoms with van der Waals surface area (Å²) in [6.07, 6.45) is 0.405. The van der Waals surface area contributed by atoms with Crippen LogP contribution in [0.3, 0.4) is 0 Å². The van der Waals surface area contributed by atoms with Gasteiger partial charge in [-0.25, -0.2) is 9.37 Å². The first-order valence-electron chi connectivity index (χ1n) is 5.43. The molecule has 3 N–H and O–H groups in total. The first-order chi connectivity index (χ1) is 8.74. The minimum absolute atomic E-state index is 0.246. The number of benzene rings is 1. The van der Waals surface area contributed by atoms with Crippen molar-refractivity contribution in [3.8, 4) is 0 Å². The molecule has 0 amide bonds. The fourth-order valence-corrected chi connectivity index (χ4v) is 1.90. The SMILES string of the molecule is Nc1cc(Cc2ccccc2F)c2n[nH]nc2n1. The van der Waals surface area contributed by atoms with E-state index in [1.807, 2.05) is 0 Å². The third-order valence-electron chi connectivity index (χ3n) is 2.73. The van der Waals surface area contributed by atoms with Crippen LogP contribution in [0.15, 0.2) is 30.3 Å². The van der Waals surface area contributed by atoms with Gasteiger partial charge in [-0.05, 0) is 23.3 Å². The van der Waals surface area contributed by atoms with Crippen LogP contribution >= 0.6 is 0 Å². The van der Waals surface area contributed by atoms with Crippen LogP contribution < -0.4 is 5.73 Å². The molecule has 0 saturated carbocycles. The van der Waals surface area contributed by atoms with E-state index < -0.39 is 0 Å². The molecule has 2 heterocycles. The molecule has 3 rings (SSSR count). The van der Waals surface area contributed by atoms with Gasteiger partial charge >= 0.3 is 0 Å². The molecule has 5 nitrogen and oxygen atoms in total. The van der Waals surface area contributed by atoms with Crippen LogP contribution in [0.4, 0.5) is 10.2 Å². The van der Waals surface area contributed by atoms with Crippen LogP contribution in [-0.2, 0) is 6.42 Å². The highest BCUT2D eigenvalue weighted by molar-refractivity contribution is 5.76. The van der Waals surface area contributed by atoms with Gasteiger partial charge in [0.05, 0.1) is 0 Å². The van der Waals surface area contributed by atoms with Crippen molar-refractivity contribution in [3.05, 3.63) is 47.3 Å². The molecule has 0 unspecified atom stereocenters. The minimum atomic E-state index is -0.246. The number of anilines is 1. The number of hydrogen-bond acceptors (Lipinski definition) is 4. The molecule has 0 saturated heterocycles. The first-order valence-corrected chi connectivity index (χ1v) is 5.43. The third kappa shape index (κ3) is 1.77. The number of nitrogens with two attached hydrogens (primary N) is 1. The van der Waals surface area contributed by atoms with Gasteiger partial charge in [0.2, 0.25) is 5.65 Å². The Balaban J connectivity index is 2.10. The summed E-state index contributed by atoms with van der Waals surface area (Å²) in [5.74, 6) is 0.104. The number of hydrogen-bond donors (Lipinski definition) is 2. The number of H-pyrrole nitrogens is 1. The lowest BCUT2D eigenvalue weighted by Gasteiger charge is -2.04. The third-order valence-corrected chi connectivity index (χ3v) is 2.73. The Bertz CT molecular complexity index is 707. The number of halogens is 1. The van der Waals surface area contributed by atoms with E-state index >= 15 is 0 Å². The molecular formula is C12H10FN5. The fraction of sp³-hybridized carbons (Fsp3) is 0.0833. The van der Waals surface area contributed by atoms with E-state index in [1.54, 1.807) is 24.3 Å². The highest BCUT2D eigenvalue weighted by Gasteiger charge is 2.10. The number of nitrogen functional groups attached to an aromatic ring is 1. The molecule has 90 valence electrons. The van der Waals surface area contributed by atoms with E-state index in [1.165, 1.54) is 6.07 Å². The zero-order valence-electron chi connectivity index (χ0n) is 9.39. The predicted octanol–water partition coefficient (Wildman–Crippen LogP) is 1.66. The van der Waals surface area contributed by atoms with Crippen LogP contribution in [0, 0.1) is 5.82 Å². The lowest BCUT2D eigenvalue weighted by atomic mass is 10.0. The van der Waals surface area contributed by atoms with Crippen molar-refractivity contribution < 1.29 is 4.39 Å². The normalized spacial score (nSPS) is 10.9. The van der Waals surface area contributed by atoms with E-state index in [0.717, 1.165) is 5.56 Å². The Morgan fingerprint density at radius 3 is 2.83 bits per heavy atom. The Kier molecular flexibility index (Phi) is 2.40. The van der Waals surface area contributed by atoms with Crippen LogP contribution in [0.25, 0.3) is 11.2 Å². The van der Waals surface area contributed by atoms with Gasteiger partial charge in [0, 0.05) is 6.42 Å². The van der Waals surface area contributed by atoms with Crippen LogP contribution in [0.2, 0.25) is 0 Å². The maximum atomic E-state index is 13.6. The highest BCUT2D eigenvalue weighted by Crippen LogP contribution is 2.20. The minimum Gasteiger partial charge on any atom is -0.384 e. The number of rotatable bonds is 2. The second kappa shape index (κ2) is 4.06. The van der Waals surface area contributed by atoms with E-state index in [-0.39, 0.29) is 5.82 Å². The number of aromatic amines is 1. The molecule has 0 aliphatic heterocycles. The zero-order valence-corrected chi connectivity index (χ0v) is 9.39. The summed E-state index contributed by atoms with van der Waals surface area (Å²) >= 11 is 0. The molecule has 6 heteroatoms. The number of fused-ring (bicyclic) bond motifs is 1. The molecule has 0 radical (unpaired) electrons. The standard InChI is InChI=1S/C12H10FN5/c13-9-4-2-1-3-7(9)5-8-6-10(14)15-12-11(8)16-18-17-12/h1-4,6H,5H2,(H3,14,15,16,17,18). The van der Waals surface area contributed by atoms with Crippen LogP contribution in [-0.4, -0.2) is 20.4 Å². The van der Waals surface area contributed by atoms with E-state index in [0.29, 0.717) is 29.0 Å². The number of aromatic nitrogens is 4. The summed E-state index contributed by atoms with van der Waals surface area (Å²) in [5.41, 5.74) is 8.15. The van der Waals surface area contributed by atoms with Gasteiger partial charge in [0.15, 0.2) is 0 Å². The fourth-order valence-electron chi connectivity index (χ4n) is 1.90. The first kappa shape index (κ1) is 10.6. The largest absolute Gasteiger partial charge is 0.384 e. The van der Waals surface area contributed by atoms with Crippen molar-refractivity contribution in [2.24, 2.45) is 0 Å². The van der Waals surface area contributed by atoms with Crippen molar-refractivity contribution in [1.82, 2.24) is 20.4 Å².